The van der Waals surface area contributed by atoms with E-state index in [0.717, 1.165) is 71.2 Å². The second kappa shape index (κ2) is 18.0. The molecule has 0 saturated heterocycles. The maximum Gasteiger partial charge on any atom is 0.237 e. The largest absolute Gasteiger partial charge is 0.375 e. The van der Waals surface area contributed by atoms with Crippen LogP contribution in [0.15, 0.2) is 0 Å². The van der Waals surface area contributed by atoms with E-state index in [0.29, 0.717) is 6.61 Å². The monoisotopic (exact) mass is 624 g/mol. The lowest BCUT2D eigenvalue weighted by molar-refractivity contribution is -0.137. The first-order valence-electron chi connectivity index (χ1n) is 18.3. The quantitative estimate of drug-likeness (QED) is 0.0841. The molecule has 1 aliphatic rings. The van der Waals surface area contributed by atoms with Gasteiger partial charge in [-0.3, -0.25) is 4.79 Å². The first-order chi connectivity index (χ1) is 20.4. The van der Waals surface area contributed by atoms with E-state index in [9.17, 15) is 4.79 Å². The Balaban J connectivity index is 2.61. The zero-order valence-corrected chi connectivity index (χ0v) is 31.8. The third kappa shape index (κ3) is 13.2. The van der Waals surface area contributed by atoms with E-state index in [1.165, 1.54) is 32.1 Å². The molecular weight excluding hydrogens is 546 g/mol. The first-order valence-corrected chi connectivity index (χ1v) is 18.3. The van der Waals surface area contributed by atoms with Crippen molar-refractivity contribution in [3.8, 4) is 0 Å². The molecule has 1 unspecified atom stereocenters. The highest BCUT2D eigenvalue weighted by atomic mass is 16.5. The molecule has 0 heterocycles. The van der Waals surface area contributed by atoms with Crippen LogP contribution >= 0.6 is 0 Å². The van der Waals surface area contributed by atoms with E-state index in [4.69, 9.17) is 9.47 Å². The third-order valence-corrected chi connectivity index (χ3v) is 11.8. The van der Waals surface area contributed by atoms with Crippen molar-refractivity contribution < 1.29 is 14.3 Å². The van der Waals surface area contributed by atoms with Crippen molar-refractivity contribution in [2.24, 2.45) is 21.7 Å². The average molecular weight is 624 g/mol. The Morgan fingerprint density at radius 2 is 1.43 bits per heavy atom. The number of ether oxygens (including phenoxy) is 2. The molecule has 0 radical (unpaired) electrons. The van der Waals surface area contributed by atoms with Crippen molar-refractivity contribution >= 4 is 5.91 Å². The number of rotatable bonds is 26. The van der Waals surface area contributed by atoms with Gasteiger partial charge in [-0.15, -0.1) is 0 Å². The fourth-order valence-electron chi connectivity index (χ4n) is 6.40. The van der Waals surface area contributed by atoms with E-state index in [-0.39, 0.29) is 44.8 Å². The molecule has 1 atom stereocenters. The van der Waals surface area contributed by atoms with E-state index in [2.05, 4.69) is 99.0 Å². The lowest BCUT2D eigenvalue weighted by Crippen LogP contribution is -2.49. The highest BCUT2D eigenvalue weighted by Crippen LogP contribution is 2.62. The van der Waals surface area contributed by atoms with Crippen molar-refractivity contribution in [2.75, 3.05) is 39.9 Å². The van der Waals surface area contributed by atoms with Crippen LogP contribution in [0.3, 0.4) is 0 Å². The number of nitrogens with one attached hydrogen (secondary N) is 3. The molecule has 0 aromatic heterocycles. The van der Waals surface area contributed by atoms with Crippen LogP contribution in [0.1, 0.15) is 160 Å². The van der Waals surface area contributed by atoms with Crippen LogP contribution in [0, 0.1) is 21.7 Å². The van der Waals surface area contributed by atoms with Crippen molar-refractivity contribution in [3.05, 3.63) is 0 Å². The summed E-state index contributed by atoms with van der Waals surface area (Å²) in [4.78, 5) is 13.2. The van der Waals surface area contributed by atoms with Gasteiger partial charge in [0.05, 0.1) is 30.5 Å². The van der Waals surface area contributed by atoms with E-state index >= 15 is 0 Å². The normalized spacial score (nSPS) is 16.7. The van der Waals surface area contributed by atoms with Crippen molar-refractivity contribution in [1.29, 1.82) is 0 Å². The number of unbranched alkanes of at least 4 members (excludes halogenated alkanes) is 3. The maximum absolute atomic E-state index is 13.2. The SMILES string of the molecule is CCCCCNCCCCC(NC)C(=O)NCC1(C(C)(C)CC(C)(C)C(C)(C)OCCC(C)(C)OCC(C)(CC)CC)CC1. The van der Waals surface area contributed by atoms with E-state index < -0.39 is 0 Å². The second-order valence-electron chi connectivity index (χ2n) is 16.9. The van der Waals surface area contributed by atoms with Gasteiger partial charge in [-0.1, -0.05) is 74.7 Å². The Morgan fingerprint density at radius 3 is 1.95 bits per heavy atom. The summed E-state index contributed by atoms with van der Waals surface area (Å²) in [5.41, 5.74) is -0.0704. The van der Waals surface area contributed by atoms with Crippen LogP contribution in [0.5, 0.6) is 0 Å². The lowest BCUT2D eigenvalue weighted by atomic mass is 9.61. The Bertz CT molecular complexity index is 812. The summed E-state index contributed by atoms with van der Waals surface area (Å²) in [6, 6.07) is -0.122. The second-order valence-corrected chi connectivity index (χ2v) is 16.9. The van der Waals surface area contributed by atoms with Gasteiger partial charge < -0.3 is 25.4 Å². The number of hydrogen-bond acceptors (Lipinski definition) is 5. The van der Waals surface area contributed by atoms with Crippen molar-refractivity contribution in [3.63, 3.8) is 0 Å². The van der Waals surface area contributed by atoms with Crippen molar-refractivity contribution in [1.82, 2.24) is 16.0 Å². The molecule has 44 heavy (non-hydrogen) atoms. The zero-order valence-electron chi connectivity index (χ0n) is 31.8. The third-order valence-electron chi connectivity index (χ3n) is 11.8. The maximum atomic E-state index is 13.2. The predicted molar refractivity (Wildman–Crippen MR) is 189 cm³/mol. The number of amides is 1. The van der Waals surface area contributed by atoms with Gasteiger partial charge in [-0.05, 0) is 127 Å². The smallest absolute Gasteiger partial charge is 0.237 e. The molecule has 0 spiro atoms. The first kappa shape index (κ1) is 41.3. The van der Waals surface area contributed by atoms with Crippen LogP contribution in [0.4, 0.5) is 0 Å². The molecule has 1 aliphatic carbocycles. The molecule has 3 N–H and O–H groups in total. The summed E-state index contributed by atoms with van der Waals surface area (Å²) in [5.74, 6) is 0.149. The lowest BCUT2D eigenvalue weighted by Gasteiger charge is -2.48. The minimum absolute atomic E-state index is 0.0395. The summed E-state index contributed by atoms with van der Waals surface area (Å²) >= 11 is 0. The van der Waals surface area contributed by atoms with E-state index in [1.54, 1.807) is 0 Å². The highest BCUT2D eigenvalue weighted by molar-refractivity contribution is 5.81. The molecule has 1 fully saturated rings. The standard InChI is InChI=1S/C38H77N3O3/c1-14-17-19-25-40-26-20-18-21-31(39-13)32(42)41-29-38(22-23-38)34(6,7)28-33(4,5)36(10,11)43-27-24-35(8,9)44-30-37(12,15-2)16-3/h31,39-40H,14-30H2,1-13H3,(H,41,42). The van der Waals surface area contributed by atoms with Gasteiger partial charge >= 0.3 is 0 Å². The van der Waals surface area contributed by atoms with Gasteiger partial charge in [-0.25, -0.2) is 0 Å². The average Bonchev–Trinajstić information content (AvgIpc) is 3.75. The van der Waals surface area contributed by atoms with Gasteiger partial charge in [-0.2, -0.15) is 0 Å². The van der Waals surface area contributed by atoms with Gasteiger partial charge in [0.2, 0.25) is 5.91 Å². The highest BCUT2D eigenvalue weighted by Gasteiger charge is 2.57. The number of hydrogen-bond donors (Lipinski definition) is 3. The zero-order chi connectivity index (χ0) is 33.7. The number of carbonyl (C=O) groups is 1. The summed E-state index contributed by atoms with van der Waals surface area (Å²) in [5, 5.41) is 10.2. The Hall–Kier alpha value is -0.690. The fraction of sp³-hybridized carbons (Fsp3) is 0.974. The molecule has 6 nitrogen and oxygen atoms in total. The van der Waals surface area contributed by atoms with Crippen LogP contribution in [0.2, 0.25) is 0 Å². The Kier molecular flexibility index (Phi) is 16.9. The summed E-state index contributed by atoms with van der Waals surface area (Å²) < 4.78 is 13.1. The van der Waals surface area contributed by atoms with Crippen LogP contribution in [0.25, 0.3) is 0 Å². The van der Waals surface area contributed by atoms with Crippen LogP contribution in [-0.4, -0.2) is 63.0 Å². The molecule has 0 bridgehead atoms. The topological polar surface area (TPSA) is 71.6 Å². The fourth-order valence-corrected chi connectivity index (χ4v) is 6.40. The molecule has 1 rings (SSSR count). The molecular formula is C38H77N3O3. The molecule has 0 aromatic rings. The Labute approximate surface area is 274 Å². The molecule has 262 valence electrons. The molecule has 1 amide bonds. The molecule has 0 aliphatic heterocycles. The summed E-state index contributed by atoms with van der Waals surface area (Å²) in [7, 11) is 1.91. The molecule has 6 heteroatoms. The van der Waals surface area contributed by atoms with Gasteiger partial charge in [0.1, 0.15) is 0 Å². The van der Waals surface area contributed by atoms with E-state index in [1.807, 2.05) is 7.05 Å². The minimum atomic E-state index is -0.289. The number of carbonyl (C=O) groups excluding carboxylic acids is 1. The van der Waals surface area contributed by atoms with Gasteiger partial charge in [0.15, 0.2) is 0 Å². The molecule has 1 saturated carbocycles. The summed E-state index contributed by atoms with van der Waals surface area (Å²) in [6.07, 6.45) is 13.4. The van der Waals surface area contributed by atoms with Gasteiger partial charge in [0, 0.05) is 6.54 Å². The van der Waals surface area contributed by atoms with Crippen LogP contribution < -0.4 is 16.0 Å². The van der Waals surface area contributed by atoms with Crippen LogP contribution in [-0.2, 0) is 14.3 Å². The number of likely N-dealkylation sites (N-methyl/N-ethyl adjacent to an activating group) is 1. The molecule has 0 aromatic carbocycles. The van der Waals surface area contributed by atoms with Crippen molar-refractivity contribution in [2.45, 2.75) is 177 Å². The van der Waals surface area contributed by atoms with Gasteiger partial charge in [0.25, 0.3) is 0 Å². The minimum Gasteiger partial charge on any atom is -0.375 e. The summed E-state index contributed by atoms with van der Waals surface area (Å²) in [6.45, 7) is 31.9. The Morgan fingerprint density at radius 1 is 0.841 bits per heavy atom. The predicted octanol–water partition coefficient (Wildman–Crippen LogP) is 8.67.